The van der Waals surface area contributed by atoms with Gasteiger partial charge in [0.15, 0.2) is 0 Å². The lowest BCUT2D eigenvalue weighted by atomic mass is 10.0. The summed E-state index contributed by atoms with van der Waals surface area (Å²) in [4.78, 5) is 11.4. The molecule has 100 valence electrons. The van der Waals surface area contributed by atoms with Crippen LogP contribution in [0.3, 0.4) is 0 Å². The second-order valence-electron chi connectivity index (χ2n) is 4.42. The van der Waals surface area contributed by atoms with E-state index in [1.165, 1.54) is 17.0 Å². The predicted molar refractivity (Wildman–Crippen MR) is 81.1 cm³/mol. The molecular weight excluding hydrogens is 274 g/mol. The lowest BCUT2D eigenvalue weighted by Crippen LogP contribution is -2.11. The number of nitrogens with zero attached hydrogens (tertiary/aromatic N) is 1. The Balaban J connectivity index is 1.91. The van der Waals surface area contributed by atoms with Crippen molar-refractivity contribution in [2.75, 3.05) is 5.32 Å². The summed E-state index contributed by atoms with van der Waals surface area (Å²) in [5, 5.41) is 11.7. The second kappa shape index (κ2) is 5.35. The van der Waals surface area contributed by atoms with Crippen LogP contribution in [0.5, 0.6) is 0 Å². The topological polar surface area (TPSA) is 57.8 Å². The maximum Gasteiger partial charge on any atom is 0.285 e. The van der Waals surface area contributed by atoms with Gasteiger partial charge in [-0.15, -0.1) is 0 Å². The van der Waals surface area contributed by atoms with Crippen LogP contribution in [0, 0.1) is 0 Å². The minimum atomic E-state index is -0.394. The van der Waals surface area contributed by atoms with E-state index >= 15 is 0 Å². The van der Waals surface area contributed by atoms with Crippen LogP contribution in [0.4, 0.5) is 5.69 Å². The number of H-pyrrole nitrogens is 1. The summed E-state index contributed by atoms with van der Waals surface area (Å²) in [6, 6.07) is 14.3. The normalized spacial score (nSPS) is 10.7. The first kappa shape index (κ1) is 12.7. The molecule has 3 rings (SSSR count). The van der Waals surface area contributed by atoms with Crippen molar-refractivity contribution in [3.05, 3.63) is 69.6 Å². The molecule has 0 saturated heterocycles. The quantitative estimate of drug-likeness (QED) is 0.777. The third-order valence-electron chi connectivity index (χ3n) is 3.14. The maximum atomic E-state index is 11.4. The van der Waals surface area contributed by atoms with Crippen LogP contribution < -0.4 is 10.9 Å². The van der Waals surface area contributed by atoms with Crippen LogP contribution >= 0.6 is 11.6 Å². The molecule has 0 fully saturated rings. The van der Waals surface area contributed by atoms with E-state index in [0.717, 1.165) is 5.56 Å². The first-order valence-electron chi connectivity index (χ1n) is 6.19. The van der Waals surface area contributed by atoms with Gasteiger partial charge in [0, 0.05) is 6.54 Å². The molecule has 5 heteroatoms. The van der Waals surface area contributed by atoms with Crippen LogP contribution in [-0.4, -0.2) is 10.2 Å². The van der Waals surface area contributed by atoms with Crippen molar-refractivity contribution in [3.8, 4) is 0 Å². The summed E-state index contributed by atoms with van der Waals surface area (Å²) in [6.45, 7) is 0.576. The Hall–Kier alpha value is -2.33. The highest BCUT2D eigenvalue weighted by Gasteiger charge is 2.05. The summed E-state index contributed by atoms with van der Waals surface area (Å²) in [6.07, 6.45) is 1.51. The van der Waals surface area contributed by atoms with Crippen molar-refractivity contribution in [1.82, 2.24) is 10.2 Å². The summed E-state index contributed by atoms with van der Waals surface area (Å²) < 4.78 is 0. The molecule has 20 heavy (non-hydrogen) atoms. The van der Waals surface area contributed by atoms with E-state index in [1.807, 2.05) is 24.3 Å². The lowest BCUT2D eigenvalue weighted by molar-refractivity contribution is 0.982. The molecule has 2 aromatic carbocycles. The number of benzene rings is 2. The monoisotopic (exact) mass is 285 g/mol. The van der Waals surface area contributed by atoms with Crippen molar-refractivity contribution >= 4 is 28.1 Å². The van der Waals surface area contributed by atoms with E-state index < -0.39 is 5.56 Å². The third kappa shape index (κ3) is 2.38. The van der Waals surface area contributed by atoms with Crippen LogP contribution in [0.1, 0.15) is 5.56 Å². The van der Waals surface area contributed by atoms with Crippen molar-refractivity contribution in [3.63, 3.8) is 0 Å². The van der Waals surface area contributed by atoms with Gasteiger partial charge in [-0.05, 0) is 16.3 Å². The minimum absolute atomic E-state index is 0.125. The summed E-state index contributed by atoms with van der Waals surface area (Å²) in [5.41, 5.74) is 1.28. The van der Waals surface area contributed by atoms with Gasteiger partial charge in [-0.1, -0.05) is 54.1 Å². The molecule has 0 radical (unpaired) electrons. The molecule has 1 heterocycles. The third-order valence-corrected chi connectivity index (χ3v) is 3.52. The summed E-state index contributed by atoms with van der Waals surface area (Å²) >= 11 is 5.93. The number of halogens is 1. The van der Waals surface area contributed by atoms with Gasteiger partial charge in [-0.25, -0.2) is 5.10 Å². The molecule has 3 aromatic rings. The molecule has 1 aromatic heterocycles. The molecule has 2 N–H and O–H groups in total. The Morgan fingerprint density at radius 1 is 1.15 bits per heavy atom. The van der Waals surface area contributed by atoms with Crippen LogP contribution in [0.25, 0.3) is 10.8 Å². The van der Waals surface area contributed by atoms with Gasteiger partial charge < -0.3 is 5.32 Å². The smallest absolute Gasteiger partial charge is 0.285 e. The fraction of sp³-hybridized carbons (Fsp3) is 0.0667. The molecule has 0 atom stereocenters. The first-order valence-corrected chi connectivity index (χ1v) is 6.57. The predicted octanol–water partition coefficient (Wildman–Crippen LogP) is 3.19. The minimum Gasteiger partial charge on any atom is -0.378 e. The summed E-state index contributed by atoms with van der Waals surface area (Å²) in [5.74, 6) is 0. The van der Waals surface area contributed by atoms with E-state index in [4.69, 9.17) is 11.6 Å². The number of anilines is 1. The number of rotatable bonds is 3. The van der Waals surface area contributed by atoms with Gasteiger partial charge in [-0.3, -0.25) is 4.79 Å². The molecule has 0 spiro atoms. The van der Waals surface area contributed by atoms with Gasteiger partial charge in [0.1, 0.15) is 5.02 Å². The Kier molecular flexibility index (Phi) is 3.39. The molecule has 0 saturated carbocycles. The van der Waals surface area contributed by atoms with Crippen LogP contribution in [0.2, 0.25) is 5.02 Å². The van der Waals surface area contributed by atoms with Crippen molar-refractivity contribution in [2.45, 2.75) is 6.54 Å². The molecule has 0 unspecified atom stereocenters. The van der Waals surface area contributed by atoms with Gasteiger partial charge in [-0.2, -0.15) is 5.10 Å². The Morgan fingerprint density at radius 2 is 1.95 bits per heavy atom. The molecule has 0 aliphatic carbocycles. The standard InChI is InChI=1S/C15H12ClN3O/c16-14-13(9-18-19-15(14)20)17-8-11-6-3-5-10-4-1-2-7-12(10)11/h1-7,9H,8H2,(H2,17,19,20). The van der Waals surface area contributed by atoms with Gasteiger partial charge in [0.05, 0.1) is 11.9 Å². The van der Waals surface area contributed by atoms with Crippen LogP contribution in [-0.2, 0) is 6.54 Å². The van der Waals surface area contributed by atoms with E-state index in [9.17, 15) is 4.79 Å². The zero-order valence-corrected chi connectivity index (χ0v) is 11.3. The largest absolute Gasteiger partial charge is 0.378 e. The van der Waals surface area contributed by atoms with Crippen molar-refractivity contribution in [1.29, 1.82) is 0 Å². The summed E-state index contributed by atoms with van der Waals surface area (Å²) in [7, 11) is 0. The number of fused-ring (bicyclic) bond motifs is 1. The molecule has 0 bridgehead atoms. The van der Waals surface area contributed by atoms with Gasteiger partial charge >= 0.3 is 0 Å². The van der Waals surface area contributed by atoms with E-state index in [0.29, 0.717) is 12.2 Å². The van der Waals surface area contributed by atoms with Gasteiger partial charge in [0.25, 0.3) is 5.56 Å². The number of hydrogen-bond donors (Lipinski definition) is 2. The average molecular weight is 286 g/mol. The maximum absolute atomic E-state index is 11.4. The van der Waals surface area contributed by atoms with E-state index in [-0.39, 0.29) is 5.02 Å². The van der Waals surface area contributed by atoms with Crippen molar-refractivity contribution < 1.29 is 0 Å². The zero-order valence-electron chi connectivity index (χ0n) is 10.6. The van der Waals surface area contributed by atoms with Crippen molar-refractivity contribution in [2.24, 2.45) is 0 Å². The molecular formula is C15H12ClN3O. The molecule has 4 nitrogen and oxygen atoms in total. The fourth-order valence-corrected chi connectivity index (χ4v) is 2.30. The first-order chi connectivity index (χ1) is 9.75. The van der Waals surface area contributed by atoms with E-state index in [2.05, 4.69) is 33.7 Å². The molecule has 0 aliphatic rings. The van der Waals surface area contributed by atoms with Gasteiger partial charge in [0.2, 0.25) is 0 Å². The SMILES string of the molecule is O=c1[nH]ncc(NCc2cccc3ccccc23)c1Cl. The Labute approximate surface area is 120 Å². The fourth-order valence-electron chi connectivity index (χ4n) is 2.14. The molecule has 0 amide bonds. The number of nitrogens with one attached hydrogen (secondary N) is 2. The zero-order chi connectivity index (χ0) is 13.9. The second-order valence-corrected chi connectivity index (χ2v) is 4.80. The lowest BCUT2D eigenvalue weighted by Gasteiger charge is -2.09. The van der Waals surface area contributed by atoms with Crippen LogP contribution in [0.15, 0.2) is 53.5 Å². The Morgan fingerprint density at radius 3 is 2.85 bits per heavy atom. The number of hydrogen-bond acceptors (Lipinski definition) is 3. The average Bonchev–Trinajstić information content (AvgIpc) is 2.49. The number of aromatic amines is 1. The van der Waals surface area contributed by atoms with E-state index in [1.54, 1.807) is 0 Å². The Bertz CT molecular complexity index is 808. The molecule has 0 aliphatic heterocycles. The highest BCUT2D eigenvalue weighted by molar-refractivity contribution is 6.32. The highest BCUT2D eigenvalue weighted by atomic mass is 35.5. The highest BCUT2D eigenvalue weighted by Crippen LogP contribution is 2.21. The number of aromatic nitrogens is 2.